The van der Waals surface area contributed by atoms with Gasteiger partial charge >= 0.3 is 11.8 Å². The Morgan fingerprint density at radius 3 is 2.14 bits per heavy atom. The summed E-state index contributed by atoms with van der Waals surface area (Å²) in [7, 11) is 0. The summed E-state index contributed by atoms with van der Waals surface area (Å²) in [4.78, 5) is 37.0. The van der Waals surface area contributed by atoms with E-state index in [0.717, 1.165) is 19.3 Å². The largest absolute Gasteiger partial charge is 0.334 e. The average Bonchev–Trinajstić information content (AvgIpc) is 2.51. The van der Waals surface area contributed by atoms with Crippen molar-refractivity contribution in [2.75, 3.05) is 18.4 Å². The molecule has 0 unspecified atom stereocenters. The Bertz CT molecular complexity index is 523. The van der Waals surface area contributed by atoms with E-state index in [9.17, 15) is 14.4 Å². The molecule has 0 aliphatic carbocycles. The summed E-state index contributed by atoms with van der Waals surface area (Å²) in [6.07, 6.45) is 2.67. The zero-order chi connectivity index (χ0) is 16.5. The van der Waals surface area contributed by atoms with E-state index < -0.39 is 11.8 Å². The van der Waals surface area contributed by atoms with Crippen LogP contribution in [-0.2, 0) is 9.59 Å². The highest BCUT2D eigenvalue weighted by atomic mass is 16.2. The molecule has 0 fully saturated rings. The molecule has 1 aromatic carbocycles. The molecular weight excluding hydrogens is 280 g/mol. The van der Waals surface area contributed by atoms with Crippen LogP contribution in [0.15, 0.2) is 24.3 Å². The first-order valence-corrected chi connectivity index (χ1v) is 7.70. The van der Waals surface area contributed by atoms with Crippen LogP contribution < -0.4 is 5.32 Å². The van der Waals surface area contributed by atoms with Gasteiger partial charge in [-0.1, -0.05) is 20.3 Å². The van der Waals surface area contributed by atoms with Gasteiger partial charge < -0.3 is 10.2 Å². The molecule has 0 saturated heterocycles. The van der Waals surface area contributed by atoms with Gasteiger partial charge in [0.05, 0.1) is 0 Å². The molecule has 5 heteroatoms. The Morgan fingerprint density at radius 2 is 1.64 bits per heavy atom. The number of nitrogens with one attached hydrogen (secondary N) is 1. The zero-order valence-electron chi connectivity index (χ0n) is 13.5. The molecule has 0 aromatic heterocycles. The lowest BCUT2D eigenvalue weighted by Crippen LogP contribution is -2.40. The highest BCUT2D eigenvalue weighted by molar-refractivity contribution is 6.39. The minimum absolute atomic E-state index is 0.0392. The SMILES string of the molecule is CCCCN(CCC)C(=O)C(=O)Nc1ccc(C(C)=O)cc1. The van der Waals surface area contributed by atoms with Gasteiger partial charge in [-0.15, -0.1) is 0 Å². The number of hydrogen-bond donors (Lipinski definition) is 1. The highest BCUT2D eigenvalue weighted by Crippen LogP contribution is 2.10. The van der Waals surface area contributed by atoms with Crippen molar-refractivity contribution in [3.63, 3.8) is 0 Å². The number of hydrogen-bond acceptors (Lipinski definition) is 3. The molecule has 0 saturated carbocycles. The molecule has 5 nitrogen and oxygen atoms in total. The molecule has 22 heavy (non-hydrogen) atoms. The summed E-state index contributed by atoms with van der Waals surface area (Å²) in [5, 5.41) is 2.58. The Kier molecular flexibility index (Phi) is 7.29. The van der Waals surface area contributed by atoms with Gasteiger partial charge in [-0.25, -0.2) is 0 Å². The molecule has 0 atom stereocenters. The van der Waals surface area contributed by atoms with Crippen LogP contribution in [0.4, 0.5) is 5.69 Å². The maximum atomic E-state index is 12.2. The van der Waals surface area contributed by atoms with E-state index in [1.54, 1.807) is 29.2 Å². The summed E-state index contributed by atoms with van der Waals surface area (Å²) in [5.74, 6) is -1.19. The Morgan fingerprint density at radius 1 is 1.00 bits per heavy atom. The quantitative estimate of drug-likeness (QED) is 0.622. The normalized spacial score (nSPS) is 10.1. The van der Waals surface area contributed by atoms with Crippen molar-refractivity contribution in [3.8, 4) is 0 Å². The van der Waals surface area contributed by atoms with E-state index in [4.69, 9.17) is 0 Å². The van der Waals surface area contributed by atoms with Gasteiger partial charge in [0.1, 0.15) is 0 Å². The van der Waals surface area contributed by atoms with Crippen LogP contribution in [0.3, 0.4) is 0 Å². The molecule has 0 radical (unpaired) electrons. The van der Waals surface area contributed by atoms with Gasteiger partial charge in [-0.2, -0.15) is 0 Å². The molecule has 2 amide bonds. The monoisotopic (exact) mass is 304 g/mol. The van der Waals surface area contributed by atoms with Gasteiger partial charge in [0.25, 0.3) is 0 Å². The van der Waals surface area contributed by atoms with Gasteiger partial charge in [0, 0.05) is 24.3 Å². The number of ketones is 1. The van der Waals surface area contributed by atoms with Gasteiger partial charge in [-0.05, 0) is 44.0 Å². The molecule has 0 heterocycles. The van der Waals surface area contributed by atoms with E-state index in [1.165, 1.54) is 6.92 Å². The molecule has 1 aromatic rings. The van der Waals surface area contributed by atoms with Crippen LogP contribution >= 0.6 is 0 Å². The zero-order valence-corrected chi connectivity index (χ0v) is 13.5. The predicted molar refractivity (Wildman–Crippen MR) is 86.9 cm³/mol. The second-order valence-corrected chi connectivity index (χ2v) is 5.23. The number of carbonyl (C=O) groups excluding carboxylic acids is 3. The average molecular weight is 304 g/mol. The van der Waals surface area contributed by atoms with Crippen molar-refractivity contribution in [1.29, 1.82) is 0 Å². The van der Waals surface area contributed by atoms with Crippen molar-refractivity contribution in [2.24, 2.45) is 0 Å². The highest BCUT2D eigenvalue weighted by Gasteiger charge is 2.20. The Hall–Kier alpha value is -2.17. The lowest BCUT2D eigenvalue weighted by Gasteiger charge is -2.21. The molecule has 0 bridgehead atoms. The minimum atomic E-state index is -0.639. The molecule has 1 N–H and O–H groups in total. The third-order valence-corrected chi connectivity index (χ3v) is 3.31. The lowest BCUT2D eigenvalue weighted by molar-refractivity contribution is -0.143. The number of unbranched alkanes of at least 4 members (excludes halogenated alkanes) is 1. The maximum absolute atomic E-state index is 12.2. The van der Waals surface area contributed by atoms with E-state index >= 15 is 0 Å². The molecule has 1 rings (SSSR count). The van der Waals surface area contributed by atoms with Gasteiger partial charge in [-0.3, -0.25) is 14.4 Å². The number of Topliss-reactive ketones (excluding diaryl/α,β-unsaturated/α-hetero) is 1. The summed E-state index contributed by atoms with van der Waals surface area (Å²) < 4.78 is 0. The lowest BCUT2D eigenvalue weighted by atomic mass is 10.1. The van der Waals surface area contributed by atoms with Gasteiger partial charge in [0.2, 0.25) is 0 Å². The molecule has 0 aliphatic heterocycles. The first-order valence-electron chi connectivity index (χ1n) is 7.70. The second kappa shape index (κ2) is 8.97. The number of benzene rings is 1. The Labute approximate surface area is 131 Å². The van der Waals surface area contributed by atoms with Crippen LogP contribution in [-0.4, -0.2) is 35.6 Å². The molecule has 120 valence electrons. The van der Waals surface area contributed by atoms with Crippen molar-refractivity contribution >= 4 is 23.3 Å². The smallest absolute Gasteiger partial charge is 0.313 e. The number of rotatable bonds is 7. The third kappa shape index (κ3) is 5.31. The molecule has 0 aliphatic rings. The van der Waals surface area contributed by atoms with Crippen LogP contribution in [0.1, 0.15) is 50.4 Å². The summed E-state index contributed by atoms with van der Waals surface area (Å²) >= 11 is 0. The predicted octanol–water partition coefficient (Wildman–Crippen LogP) is 2.87. The fraction of sp³-hybridized carbons (Fsp3) is 0.471. The fourth-order valence-corrected chi connectivity index (χ4v) is 2.05. The maximum Gasteiger partial charge on any atom is 0.313 e. The van der Waals surface area contributed by atoms with Crippen LogP contribution in [0.2, 0.25) is 0 Å². The van der Waals surface area contributed by atoms with Gasteiger partial charge in [0.15, 0.2) is 5.78 Å². The van der Waals surface area contributed by atoms with Crippen molar-refractivity contribution in [2.45, 2.75) is 40.0 Å². The minimum Gasteiger partial charge on any atom is -0.334 e. The number of amides is 2. The fourth-order valence-electron chi connectivity index (χ4n) is 2.05. The van der Waals surface area contributed by atoms with E-state index in [1.807, 2.05) is 13.8 Å². The van der Waals surface area contributed by atoms with Crippen LogP contribution in [0.25, 0.3) is 0 Å². The molecule has 0 spiro atoms. The number of carbonyl (C=O) groups is 3. The third-order valence-electron chi connectivity index (χ3n) is 3.31. The second-order valence-electron chi connectivity index (χ2n) is 5.23. The van der Waals surface area contributed by atoms with Crippen LogP contribution in [0.5, 0.6) is 0 Å². The van der Waals surface area contributed by atoms with Crippen LogP contribution in [0, 0.1) is 0 Å². The first kappa shape index (κ1) is 17.9. The summed E-state index contributed by atoms with van der Waals surface area (Å²) in [6.45, 7) is 6.68. The summed E-state index contributed by atoms with van der Waals surface area (Å²) in [6, 6.07) is 6.50. The number of nitrogens with zero attached hydrogens (tertiary/aromatic N) is 1. The van der Waals surface area contributed by atoms with E-state index in [0.29, 0.717) is 24.3 Å². The van der Waals surface area contributed by atoms with Crippen molar-refractivity contribution in [1.82, 2.24) is 4.90 Å². The van der Waals surface area contributed by atoms with E-state index in [-0.39, 0.29) is 5.78 Å². The number of anilines is 1. The first-order chi connectivity index (χ1) is 10.5. The Balaban J connectivity index is 2.68. The van der Waals surface area contributed by atoms with E-state index in [2.05, 4.69) is 5.32 Å². The van der Waals surface area contributed by atoms with Crippen molar-refractivity contribution < 1.29 is 14.4 Å². The topological polar surface area (TPSA) is 66.5 Å². The summed E-state index contributed by atoms with van der Waals surface area (Å²) in [5.41, 5.74) is 1.08. The standard InChI is InChI=1S/C17H24N2O3/c1-4-6-12-19(11-5-2)17(22)16(21)18-15-9-7-14(8-10-15)13(3)20/h7-10H,4-6,11-12H2,1-3H3,(H,18,21). The van der Waals surface area contributed by atoms with Crippen molar-refractivity contribution in [3.05, 3.63) is 29.8 Å². The molecular formula is C17H24N2O3.